The predicted octanol–water partition coefficient (Wildman–Crippen LogP) is 1.57. The van der Waals surface area contributed by atoms with Gasteiger partial charge in [-0.25, -0.2) is 4.98 Å². The molecule has 1 rings (SSSR count). The molecule has 0 bridgehead atoms. The first-order valence-electron chi connectivity index (χ1n) is 5.83. The Hall–Kier alpha value is -1.16. The summed E-state index contributed by atoms with van der Waals surface area (Å²) in [4.78, 5) is 16.1. The minimum atomic E-state index is -1.19. The highest BCUT2D eigenvalue weighted by atomic mass is 16.3. The standard InChI is InChI=1S/C12H20N2O2/c1-4-12(16,5-2)10(15)9-11-13-7-8-14(11)6-3/h7-8,16H,4-6,9H2,1-3H3. The Balaban J connectivity index is 2.78. The number of carbonyl (C=O) groups excluding carboxylic acids is 1. The molecule has 1 aromatic rings. The molecule has 0 aromatic carbocycles. The molecule has 0 aliphatic rings. The lowest BCUT2D eigenvalue weighted by Crippen LogP contribution is -2.38. The van der Waals surface area contributed by atoms with Crippen molar-refractivity contribution < 1.29 is 9.90 Å². The number of ketones is 1. The van der Waals surface area contributed by atoms with E-state index in [2.05, 4.69) is 4.98 Å². The first-order chi connectivity index (χ1) is 7.57. The van der Waals surface area contributed by atoms with E-state index < -0.39 is 5.60 Å². The van der Waals surface area contributed by atoms with Crippen LogP contribution in [-0.4, -0.2) is 26.0 Å². The molecule has 0 spiro atoms. The summed E-state index contributed by atoms with van der Waals surface area (Å²) < 4.78 is 1.92. The van der Waals surface area contributed by atoms with Gasteiger partial charge in [0, 0.05) is 18.9 Å². The molecule has 0 unspecified atom stereocenters. The van der Waals surface area contributed by atoms with Gasteiger partial charge in [0.1, 0.15) is 11.4 Å². The van der Waals surface area contributed by atoms with Gasteiger partial charge in [-0.15, -0.1) is 0 Å². The van der Waals surface area contributed by atoms with Crippen molar-refractivity contribution in [3.05, 3.63) is 18.2 Å². The van der Waals surface area contributed by atoms with Gasteiger partial charge < -0.3 is 9.67 Å². The maximum Gasteiger partial charge on any atom is 0.171 e. The van der Waals surface area contributed by atoms with Gasteiger partial charge in [-0.3, -0.25) is 4.79 Å². The minimum Gasteiger partial charge on any atom is -0.382 e. The largest absolute Gasteiger partial charge is 0.382 e. The van der Waals surface area contributed by atoms with Gasteiger partial charge >= 0.3 is 0 Å². The monoisotopic (exact) mass is 224 g/mol. The van der Waals surface area contributed by atoms with Crippen LogP contribution in [0.15, 0.2) is 12.4 Å². The zero-order chi connectivity index (χ0) is 12.2. The summed E-state index contributed by atoms with van der Waals surface area (Å²) in [6.07, 6.45) is 4.64. The van der Waals surface area contributed by atoms with Gasteiger partial charge in [-0.05, 0) is 19.8 Å². The summed E-state index contributed by atoms with van der Waals surface area (Å²) >= 11 is 0. The van der Waals surface area contributed by atoms with Crippen LogP contribution < -0.4 is 0 Å². The average Bonchev–Trinajstić information content (AvgIpc) is 2.75. The highest BCUT2D eigenvalue weighted by Gasteiger charge is 2.32. The fourth-order valence-corrected chi connectivity index (χ4v) is 1.75. The quantitative estimate of drug-likeness (QED) is 0.798. The van der Waals surface area contributed by atoms with Crippen molar-refractivity contribution in [1.82, 2.24) is 9.55 Å². The maximum atomic E-state index is 12.0. The van der Waals surface area contributed by atoms with Gasteiger partial charge in [-0.1, -0.05) is 13.8 Å². The molecule has 0 fully saturated rings. The van der Waals surface area contributed by atoms with E-state index in [0.29, 0.717) is 12.8 Å². The lowest BCUT2D eigenvalue weighted by molar-refractivity contribution is -0.137. The molecule has 0 atom stereocenters. The van der Waals surface area contributed by atoms with E-state index in [9.17, 15) is 9.90 Å². The van der Waals surface area contributed by atoms with Crippen LogP contribution in [0.1, 0.15) is 39.4 Å². The first kappa shape index (κ1) is 12.9. The number of aromatic nitrogens is 2. The van der Waals surface area contributed by atoms with Gasteiger partial charge in [-0.2, -0.15) is 0 Å². The van der Waals surface area contributed by atoms with Crippen molar-refractivity contribution in [3.8, 4) is 0 Å². The van der Waals surface area contributed by atoms with E-state index in [1.165, 1.54) is 0 Å². The molecule has 0 radical (unpaired) electrons. The van der Waals surface area contributed by atoms with E-state index in [-0.39, 0.29) is 12.2 Å². The topological polar surface area (TPSA) is 55.1 Å². The number of hydrogen-bond donors (Lipinski definition) is 1. The second-order valence-electron chi connectivity index (χ2n) is 3.97. The van der Waals surface area contributed by atoms with Crippen molar-refractivity contribution >= 4 is 5.78 Å². The van der Waals surface area contributed by atoms with Crippen molar-refractivity contribution in [2.75, 3.05) is 0 Å². The average molecular weight is 224 g/mol. The van der Waals surface area contributed by atoms with E-state index in [0.717, 1.165) is 12.4 Å². The SMILES string of the molecule is CCn1ccnc1CC(=O)C(O)(CC)CC. The van der Waals surface area contributed by atoms with Crippen molar-refractivity contribution in [2.45, 2.75) is 52.2 Å². The van der Waals surface area contributed by atoms with Crippen molar-refractivity contribution in [3.63, 3.8) is 0 Å². The highest BCUT2D eigenvalue weighted by molar-refractivity contribution is 5.88. The molecule has 0 saturated heterocycles. The molecule has 0 aliphatic heterocycles. The van der Waals surface area contributed by atoms with Gasteiger partial charge in [0.05, 0.1) is 6.42 Å². The normalized spacial score (nSPS) is 11.8. The maximum absolute atomic E-state index is 12.0. The highest BCUT2D eigenvalue weighted by Crippen LogP contribution is 2.18. The molecule has 1 N–H and O–H groups in total. The molecule has 0 amide bonds. The predicted molar refractivity (Wildman–Crippen MR) is 62.1 cm³/mol. The number of rotatable bonds is 6. The molecular formula is C12H20N2O2. The summed E-state index contributed by atoms with van der Waals surface area (Å²) in [7, 11) is 0. The minimum absolute atomic E-state index is 0.140. The summed E-state index contributed by atoms with van der Waals surface area (Å²) in [5, 5.41) is 10.1. The second kappa shape index (κ2) is 5.25. The zero-order valence-electron chi connectivity index (χ0n) is 10.2. The van der Waals surface area contributed by atoms with E-state index in [1.807, 2.05) is 31.5 Å². The Morgan fingerprint density at radius 1 is 1.44 bits per heavy atom. The molecule has 0 aliphatic carbocycles. The second-order valence-corrected chi connectivity index (χ2v) is 3.97. The van der Waals surface area contributed by atoms with Crippen LogP contribution in [0.2, 0.25) is 0 Å². The molecule has 1 heterocycles. The van der Waals surface area contributed by atoms with Gasteiger partial charge in [0.15, 0.2) is 5.78 Å². The Labute approximate surface area is 96.3 Å². The van der Waals surface area contributed by atoms with E-state index >= 15 is 0 Å². The fraction of sp³-hybridized carbons (Fsp3) is 0.667. The number of aliphatic hydroxyl groups is 1. The number of hydrogen-bond acceptors (Lipinski definition) is 3. The van der Waals surface area contributed by atoms with Crippen LogP contribution in [-0.2, 0) is 17.8 Å². The molecule has 0 saturated carbocycles. The van der Waals surface area contributed by atoms with Crippen molar-refractivity contribution in [1.29, 1.82) is 0 Å². The van der Waals surface area contributed by atoms with E-state index in [4.69, 9.17) is 0 Å². The molecule has 4 heteroatoms. The Kier molecular flexibility index (Phi) is 4.24. The van der Waals surface area contributed by atoms with Crippen LogP contribution in [0.25, 0.3) is 0 Å². The third-order valence-corrected chi connectivity index (χ3v) is 3.15. The lowest BCUT2D eigenvalue weighted by Gasteiger charge is -2.23. The first-order valence-corrected chi connectivity index (χ1v) is 5.83. The Morgan fingerprint density at radius 2 is 2.06 bits per heavy atom. The summed E-state index contributed by atoms with van der Waals surface area (Å²) in [6, 6.07) is 0. The number of aryl methyl sites for hydroxylation is 1. The van der Waals surface area contributed by atoms with Crippen LogP contribution in [0.5, 0.6) is 0 Å². The van der Waals surface area contributed by atoms with Crippen LogP contribution in [0, 0.1) is 0 Å². The number of Topliss-reactive ketones (excluding diaryl/α,β-unsaturated/α-hetero) is 1. The molecule has 90 valence electrons. The number of carbonyl (C=O) groups is 1. The fourth-order valence-electron chi connectivity index (χ4n) is 1.75. The van der Waals surface area contributed by atoms with Crippen LogP contribution >= 0.6 is 0 Å². The summed E-state index contributed by atoms with van der Waals surface area (Å²) in [5.41, 5.74) is -1.19. The zero-order valence-corrected chi connectivity index (χ0v) is 10.2. The molecule has 1 aromatic heterocycles. The third kappa shape index (κ3) is 2.50. The lowest BCUT2D eigenvalue weighted by atomic mass is 9.90. The molecule has 16 heavy (non-hydrogen) atoms. The van der Waals surface area contributed by atoms with Crippen LogP contribution in [0.3, 0.4) is 0 Å². The molecule has 4 nitrogen and oxygen atoms in total. The van der Waals surface area contributed by atoms with Crippen molar-refractivity contribution in [2.24, 2.45) is 0 Å². The summed E-state index contributed by atoms with van der Waals surface area (Å²) in [6.45, 7) is 6.45. The molecular weight excluding hydrogens is 204 g/mol. The van der Waals surface area contributed by atoms with E-state index in [1.54, 1.807) is 6.20 Å². The van der Waals surface area contributed by atoms with Gasteiger partial charge in [0.2, 0.25) is 0 Å². The summed E-state index contributed by atoms with van der Waals surface area (Å²) in [5.74, 6) is 0.589. The van der Waals surface area contributed by atoms with Gasteiger partial charge in [0.25, 0.3) is 0 Å². The number of imidazole rings is 1. The number of nitrogens with zero attached hydrogens (tertiary/aromatic N) is 2. The van der Waals surface area contributed by atoms with Crippen LogP contribution in [0.4, 0.5) is 0 Å². The Morgan fingerprint density at radius 3 is 2.56 bits per heavy atom. The third-order valence-electron chi connectivity index (χ3n) is 3.15. The Bertz CT molecular complexity index is 354. The smallest absolute Gasteiger partial charge is 0.171 e.